The van der Waals surface area contributed by atoms with Crippen molar-refractivity contribution in [3.8, 4) is 0 Å². The Balaban J connectivity index is 1.37. The first-order valence-electron chi connectivity index (χ1n) is 11.2. The standard InChI is InChI=1S/C23H22FN7O5/c1-11(2)30-10-15(22(30)34)28-21(33)17-7-14(27-19-13(24)9-26-31(17)19)20(32)25-8-12-4-5-18-16(6-12)29(3)23(35)36-18/h4-7,9,11,15H,8,10H2,1-3H3,(H,25,32)(H,28,33)/t15-/m0/s1. The molecule has 0 unspecified atom stereocenters. The molecular formula is C23H22FN7O5. The lowest BCUT2D eigenvalue weighted by Gasteiger charge is -2.41. The van der Waals surface area contributed by atoms with Gasteiger partial charge in [-0.25, -0.2) is 18.7 Å². The van der Waals surface area contributed by atoms with E-state index in [1.165, 1.54) is 10.6 Å². The monoisotopic (exact) mass is 495 g/mol. The summed E-state index contributed by atoms with van der Waals surface area (Å²) in [5.74, 6) is -2.87. The fourth-order valence-corrected chi connectivity index (χ4v) is 4.03. The van der Waals surface area contributed by atoms with E-state index in [2.05, 4.69) is 20.7 Å². The first-order chi connectivity index (χ1) is 17.1. The zero-order valence-electron chi connectivity index (χ0n) is 19.6. The molecule has 4 heterocycles. The number of amides is 3. The lowest BCUT2D eigenvalue weighted by molar-refractivity contribution is -0.145. The number of hydrogen-bond donors (Lipinski definition) is 2. The second-order valence-electron chi connectivity index (χ2n) is 8.78. The molecule has 1 aromatic carbocycles. The molecule has 3 aromatic heterocycles. The summed E-state index contributed by atoms with van der Waals surface area (Å²) in [4.78, 5) is 55.4. The minimum absolute atomic E-state index is 0.00730. The Hall–Kier alpha value is -4.55. The third-order valence-electron chi connectivity index (χ3n) is 6.09. The average Bonchev–Trinajstić information content (AvgIpc) is 3.37. The van der Waals surface area contributed by atoms with Crippen LogP contribution in [0.15, 0.2) is 39.7 Å². The molecule has 4 aromatic rings. The average molecular weight is 495 g/mol. The molecular weight excluding hydrogens is 473 g/mol. The highest BCUT2D eigenvalue weighted by Gasteiger charge is 2.39. The van der Waals surface area contributed by atoms with E-state index < -0.39 is 29.4 Å². The highest BCUT2D eigenvalue weighted by Crippen LogP contribution is 2.17. The van der Waals surface area contributed by atoms with Gasteiger partial charge in [0.25, 0.3) is 11.8 Å². The van der Waals surface area contributed by atoms with E-state index in [9.17, 15) is 23.6 Å². The van der Waals surface area contributed by atoms with Crippen LogP contribution in [-0.4, -0.2) is 60.4 Å². The molecule has 5 rings (SSSR count). The smallest absolute Gasteiger partial charge is 0.408 e. The molecule has 2 N–H and O–H groups in total. The van der Waals surface area contributed by atoms with Crippen LogP contribution in [0.25, 0.3) is 16.7 Å². The number of nitrogens with zero attached hydrogens (tertiary/aromatic N) is 5. The topological polar surface area (TPSA) is 144 Å². The quantitative estimate of drug-likeness (QED) is 0.373. The van der Waals surface area contributed by atoms with Gasteiger partial charge >= 0.3 is 5.76 Å². The Morgan fingerprint density at radius 1 is 1.22 bits per heavy atom. The van der Waals surface area contributed by atoms with Crippen molar-refractivity contribution in [3.05, 3.63) is 63.8 Å². The van der Waals surface area contributed by atoms with Gasteiger partial charge in [-0.2, -0.15) is 5.10 Å². The number of oxazole rings is 1. The van der Waals surface area contributed by atoms with Gasteiger partial charge in [0.05, 0.1) is 18.3 Å². The van der Waals surface area contributed by atoms with Crippen LogP contribution >= 0.6 is 0 Å². The molecule has 36 heavy (non-hydrogen) atoms. The van der Waals surface area contributed by atoms with Gasteiger partial charge in [-0.15, -0.1) is 0 Å². The summed E-state index contributed by atoms with van der Waals surface area (Å²) >= 11 is 0. The number of fused-ring (bicyclic) bond motifs is 2. The van der Waals surface area contributed by atoms with Crippen molar-refractivity contribution in [2.75, 3.05) is 6.54 Å². The molecule has 186 valence electrons. The summed E-state index contributed by atoms with van der Waals surface area (Å²) < 4.78 is 21.7. The van der Waals surface area contributed by atoms with Crippen LogP contribution in [0.2, 0.25) is 0 Å². The second-order valence-corrected chi connectivity index (χ2v) is 8.78. The molecule has 1 aliphatic rings. The van der Waals surface area contributed by atoms with E-state index in [0.717, 1.165) is 10.7 Å². The second kappa shape index (κ2) is 8.59. The highest BCUT2D eigenvalue weighted by molar-refractivity contribution is 6.01. The lowest BCUT2D eigenvalue weighted by Crippen LogP contribution is -2.65. The van der Waals surface area contributed by atoms with Crippen LogP contribution in [-0.2, 0) is 18.4 Å². The summed E-state index contributed by atoms with van der Waals surface area (Å²) in [7, 11) is 1.57. The maximum absolute atomic E-state index is 14.3. The number of carbonyl (C=O) groups excluding carboxylic acids is 3. The fraction of sp³-hybridized carbons (Fsp3) is 0.304. The van der Waals surface area contributed by atoms with Gasteiger partial charge in [0.2, 0.25) is 5.91 Å². The van der Waals surface area contributed by atoms with Crippen molar-refractivity contribution in [1.29, 1.82) is 0 Å². The lowest BCUT2D eigenvalue weighted by atomic mass is 10.1. The molecule has 1 saturated heterocycles. The normalized spacial score (nSPS) is 15.5. The van der Waals surface area contributed by atoms with E-state index in [1.54, 1.807) is 30.1 Å². The number of β-lactam (4-membered cyclic amide) rings is 1. The largest absolute Gasteiger partial charge is 0.419 e. The molecule has 0 radical (unpaired) electrons. The predicted octanol–water partition coefficient (Wildman–Crippen LogP) is 0.592. The van der Waals surface area contributed by atoms with E-state index in [4.69, 9.17) is 4.42 Å². The Morgan fingerprint density at radius 2 is 2.00 bits per heavy atom. The number of halogens is 1. The Kier molecular flexibility index (Phi) is 5.54. The highest BCUT2D eigenvalue weighted by atomic mass is 19.1. The maximum Gasteiger partial charge on any atom is 0.419 e. The Morgan fingerprint density at radius 3 is 2.72 bits per heavy atom. The third-order valence-corrected chi connectivity index (χ3v) is 6.09. The SMILES string of the molecule is CC(C)N1C[C@H](NC(=O)c2cc(C(=O)NCc3ccc4oc(=O)n(C)c4c3)nc3c(F)cnn23)C1=O. The summed E-state index contributed by atoms with van der Waals surface area (Å²) in [5.41, 5.74) is 1.02. The van der Waals surface area contributed by atoms with Crippen LogP contribution in [0.3, 0.4) is 0 Å². The predicted molar refractivity (Wildman–Crippen MR) is 124 cm³/mol. The van der Waals surface area contributed by atoms with Crippen molar-refractivity contribution in [1.82, 2.24) is 34.7 Å². The number of likely N-dealkylation sites (tertiary alicyclic amines) is 1. The number of aryl methyl sites for hydroxylation is 1. The Bertz CT molecular complexity index is 1600. The molecule has 1 aliphatic heterocycles. The molecule has 0 aliphatic carbocycles. The number of carbonyl (C=O) groups is 3. The molecule has 0 bridgehead atoms. The van der Waals surface area contributed by atoms with Crippen LogP contribution in [0.4, 0.5) is 4.39 Å². The zero-order valence-corrected chi connectivity index (χ0v) is 19.6. The van der Waals surface area contributed by atoms with Gasteiger partial charge in [0.15, 0.2) is 17.0 Å². The molecule has 12 nitrogen and oxygen atoms in total. The molecule has 1 atom stereocenters. The van der Waals surface area contributed by atoms with Crippen molar-refractivity contribution in [2.24, 2.45) is 7.05 Å². The summed E-state index contributed by atoms with van der Waals surface area (Å²) in [6.07, 6.45) is 0.889. The van der Waals surface area contributed by atoms with E-state index in [1.807, 2.05) is 13.8 Å². The molecule has 13 heteroatoms. The number of nitrogens with one attached hydrogen (secondary N) is 2. The van der Waals surface area contributed by atoms with Gasteiger partial charge in [0.1, 0.15) is 17.4 Å². The van der Waals surface area contributed by atoms with Crippen LogP contribution in [0.5, 0.6) is 0 Å². The Labute approximate surface area is 202 Å². The number of hydrogen-bond acceptors (Lipinski definition) is 7. The first kappa shape index (κ1) is 23.2. The molecule has 0 saturated carbocycles. The fourth-order valence-electron chi connectivity index (χ4n) is 4.03. The van der Waals surface area contributed by atoms with Gasteiger partial charge < -0.3 is 20.0 Å². The van der Waals surface area contributed by atoms with Crippen molar-refractivity contribution in [2.45, 2.75) is 32.5 Å². The minimum atomic E-state index is -0.810. The van der Waals surface area contributed by atoms with Gasteiger partial charge in [-0.3, -0.25) is 19.0 Å². The first-order valence-corrected chi connectivity index (χ1v) is 11.2. The summed E-state index contributed by atoms with van der Waals surface area (Å²) in [6, 6.07) is 5.49. The van der Waals surface area contributed by atoms with E-state index >= 15 is 0 Å². The van der Waals surface area contributed by atoms with Crippen molar-refractivity contribution >= 4 is 34.5 Å². The van der Waals surface area contributed by atoms with Gasteiger partial charge in [0, 0.05) is 25.7 Å². The zero-order chi connectivity index (χ0) is 25.7. The molecule has 3 amide bonds. The molecule has 0 spiro atoms. The minimum Gasteiger partial charge on any atom is -0.408 e. The molecule has 1 fully saturated rings. The van der Waals surface area contributed by atoms with Crippen LogP contribution < -0.4 is 16.4 Å². The number of benzene rings is 1. The third kappa shape index (κ3) is 3.87. The number of rotatable bonds is 6. The van der Waals surface area contributed by atoms with Crippen LogP contribution in [0.1, 0.15) is 40.4 Å². The van der Waals surface area contributed by atoms with Gasteiger partial charge in [-0.05, 0) is 31.5 Å². The summed E-state index contributed by atoms with van der Waals surface area (Å²) in [5, 5.41) is 9.12. The van der Waals surface area contributed by atoms with Crippen molar-refractivity contribution in [3.63, 3.8) is 0 Å². The summed E-state index contributed by atoms with van der Waals surface area (Å²) in [6.45, 7) is 4.16. The maximum atomic E-state index is 14.3. The number of aromatic nitrogens is 4. The van der Waals surface area contributed by atoms with Crippen molar-refractivity contribution < 1.29 is 23.2 Å². The van der Waals surface area contributed by atoms with E-state index in [-0.39, 0.29) is 35.5 Å². The van der Waals surface area contributed by atoms with E-state index in [0.29, 0.717) is 23.2 Å². The van der Waals surface area contributed by atoms with Gasteiger partial charge in [-0.1, -0.05) is 6.07 Å². The van der Waals surface area contributed by atoms with Crippen LogP contribution in [0, 0.1) is 5.82 Å².